The highest BCUT2D eigenvalue weighted by molar-refractivity contribution is 7.71. The average Bonchev–Trinajstić information content (AvgIpc) is 3.01. The number of aromatic amines is 1. The summed E-state index contributed by atoms with van der Waals surface area (Å²) >= 11 is 4.89. The summed E-state index contributed by atoms with van der Waals surface area (Å²) < 4.78 is 24.1. The van der Waals surface area contributed by atoms with E-state index in [0.29, 0.717) is 0 Å². The minimum atomic E-state index is -2.87. The van der Waals surface area contributed by atoms with E-state index in [4.69, 9.17) is 22.7 Å². The molecule has 142 valence electrons. The summed E-state index contributed by atoms with van der Waals surface area (Å²) in [6.07, 6.45) is 0.311. The van der Waals surface area contributed by atoms with Crippen LogP contribution < -0.4 is 11.3 Å². The maximum absolute atomic E-state index is 13.3. The van der Waals surface area contributed by atoms with Gasteiger partial charge in [-0.25, -0.2) is 0 Å². The second kappa shape index (κ2) is 9.15. The lowest BCUT2D eigenvalue weighted by atomic mass is 10.2. The molecule has 11 heteroatoms. The van der Waals surface area contributed by atoms with Crippen LogP contribution in [0.2, 0.25) is 0 Å². The number of nitrogens with zero attached hydrogens (tertiary/aromatic N) is 1. The molecule has 0 radical (unpaired) electrons. The van der Waals surface area contributed by atoms with Crippen molar-refractivity contribution in [1.29, 1.82) is 0 Å². The minimum Gasteiger partial charge on any atom is -0.405 e. The molecule has 0 amide bonds. The van der Waals surface area contributed by atoms with Crippen molar-refractivity contribution in [2.24, 2.45) is 5.73 Å². The Hall–Kier alpha value is -1.66. The Bertz CT molecular complexity index is 705. The Morgan fingerprint density at radius 1 is 1.56 bits per heavy atom. The van der Waals surface area contributed by atoms with Gasteiger partial charge in [-0.15, -0.1) is 0 Å². The Labute approximate surface area is 148 Å². The van der Waals surface area contributed by atoms with Gasteiger partial charge in [-0.2, -0.15) is 4.39 Å². The van der Waals surface area contributed by atoms with Gasteiger partial charge >= 0.3 is 11.9 Å². The van der Waals surface area contributed by atoms with Crippen LogP contribution in [0.25, 0.3) is 0 Å². The SMILES string of the molecule is CCC.NCC(=O)OC(O)(O)C1CCC(n2cc(F)c(=O)[nH]c2=S)O1. The number of aliphatic hydroxyl groups is 2. The molecule has 9 nitrogen and oxygen atoms in total. The zero-order valence-corrected chi connectivity index (χ0v) is 14.7. The van der Waals surface area contributed by atoms with Crippen LogP contribution in [0.4, 0.5) is 4.39 Å². The van der Waals surface area contributed by atoms with Crippen LogP contribution in [0.1, 0.15) is 39.3 Å². The highest BCUT2D eigenvalue weighted by Crippen LogP contribution is 2.33. The fourth-order valence-corrected chi connectivity index (χ4v) is 2.31. The molecule has 2 rings (SSSR count). The van der Waals surface area contributed by atoms with Gasteiger partial charge < -0.3 is 25.4 Å². The second-order valence-corrected chi connectivity index (χ2v) is 5.73. The molecule has 25 heavy (non-hydrogen) atoms. The van der Waals surface area contributed by atoms with Gasteiger partial charge in [0.25, 0.3) is 5.56 Å². The van der Waals surface area contributed by atoms with Crippen molar-refractivity contribution in [2.75, 3.05) is 6.54 Å². The number of hydrogen-bond donors (Lipinski definition) is 4. The van der Waals surface area contributed by atoms with Crippen LogP contribution >= 0.6 is 12.2 Å². The molecule has 0 aliphatic carbocycles. The van der Waals surface area contributed by atoms with Crippen molar-refractivity contribution in [2.45, 2.75) is 51.4 Å². The summed E-state index contributed by atoms with van der Waals surface area (Å²) in [6.45, 7) is 3.72. The molecule has 2 atom stereocenters. The maximum Gasteiger partial charge on any atom is 0.352 e. The van der Waals surface area contributed by atoms with Gasteiger partial charge in [0.1, 0.15) is 6.23 Å². The lowest BCUT2D eigenvalue weighted by molar-refractivity contribution is -0.362. The van der Waals surface area contributed by atoms with Crippen molar-refractivity contribution < 1.29 is 28.9 Å². The zero-order valence-electron chi connectivity index (χ0n) is 13.9. The van der Waals surface area contributed by atoms with Crippen molar-refractivity contribution in [1.82, 2.24) is 9.55 Å². The van der Waals surface area contributed by atoms with Crippen LogP contribution in [0, 0.1) is 10.6 Å². The summed E-state index contributed by atoms with van der Waals surface area (Å²) in [7, 11) is 0. The minimum absolute atomic E-state index is 0.0857. The molecule has 0 saturated carbocycles. The van der Waals surface area contributed by atoms with Crippen LogP contribution in [0.3, 0.4) is 0 Å². The van der Waals surface area contributed by atoms with Crippen LogP contribution in [0.15, 0.2) is 11.0 Å². The third-order valence-electron chi connectivity index (χ3n) is 3.08. The highest BCUT2D eigenvalue weighted by Gasteiger charge is 2.45. The van der Waals surface area contributed by atoms with Crippen molar-refractivity contribution in [3.05, 3.63) is 27.1 Å². The number of H-pyrrole nitrogens is 1. The van der Waals surface area contributed by atoms with Crippen LogP contribution in [0.5, 0.6) is 0 Å². The Balaban J connectivity index is 0.000000970. The first-order valence-corrected chi connectivity index (χ1v) is 8.10. The maximum atomic E-state index is 13.3. The summed E-state index contributed by atoms with van der Waals surface area (Å²) in [5.41, 5.74) is 4.05. The summed E-state index contributed by atoms with van der Waals surface area (Å²) in [5, 5.41) is 19.4. The molecule has 0 aromatic carbocycles. The number of halogens is 1. The van der Waals surface area contributed by atoms with Crippen LogP contribution in [-0.4, -0.2) is 44.4 Å². The first-order valence-electron chi connectivity index (χ1n) is 7.69. The normalized spacial score (nSPS) is 19.9. The van der Waals surface area contributed by atoms with E-state index in [9.17, 15) is 24.2 Å². The third-order valence-corrected chi connectivity index (χ3v) is 3.39. The number of rotatable bonds is 4. The fraction of sp³-hybridized carbons (Fsp3) is 0.643. The Kier molecular flexibility index (Phi) is 7.83. The fourth-order valence-electron chi connectivity index (χ4n) is 2.05. The summed E-state index contributed by atoms with van der Waals surface area (Å²) in [4.78, 5) is 24.2. The van der Waals surface area contributed by atoms with Gasteiger partial charge in [-0.3, -0.25) is 19.1 Å². The van der Waals surface area contributed by atoms with E-state index < -0.39 is 42.2 Å². The third kappa shape index (κ3) is 5.68. The molecule has 1 fully saturated rings. The van der Waals surface area contributed by atoms with Crippen LogP contribution in [-0.2, 0) is 14.3 Å². The van der Waals surface area contributed by atoms with Gasteiger partial charge in [0, 0.05) is 0 Å². The average molecular weight is 379 g/mol. The number of carbonyl (C=O) groups is 1. The van der Waals surface area contributed by atoms with E-state index >= 15 is 0 Å². The first-order chi connectivity index (χ1) is 11.7. The quantitative estimate of drug-likeness (QED) is 0.332. The molecule has 0 bridgehead atoms. The van der Waals surface area contributed by atoms with Crippen molar-refractivity contribution >= 4 is 18.2 Å². The molecule has 1 aliphatic rings. The van der Waals surface area contributed by atoms with Crippen molar-refractivity contribution in [3.63, 3.8) is 0 Å². The molecule has 1 aromatic rings. The van der Waals surface area contributed by atoms with E-state index in [-0.39, 0.29) is 17.6 Å². The molecular weight excluding hydrogens is 357 g/mol. The monoisotopic (exact) mass is 379 g/mol. The Morgan fingerprint density at radius 2 is 2.16 bits per heavy atom. The second-order valence-electron chi connectivity index (χ2n) is 5.34. The molecule has 1 aliphatic heterocycles. The standard InChI is InChI=1S/C11H14FN3O6S.C3H8/c12-5-4-15(10(22)14-9(5)17)7-2-1-6(20-7)11(18,19)21-8(16)3-13;1-3-2/h4,6-7,18-19H,1-3,13H2,(H,14,17,22);3H2,1-2H3. The first kappa shape index (κ1) is 21.4. The van der Waals surface area contributed by atoms with Gasteiger partial charge in [0.15, 0.2) is 10.9 Å². The number of carbonyl (C=O) groups excluding carboxylic acids is 1. The highest BCUT2D eigenvalue weighted by atomic mass is 32.1. The van der Waals surface area contributed by atoms with E-state index in [0.717, 1.165) is 10.8 Å². The number of nitrogens with two attached hydrogens (primary N) is 1. The van der Waals surface area contributed by atoms with E-state index in [1.54, 1.807) is 0 Å². The number of aromatic nitrogens is 2. The number of nitrogens with one attached hydrogen (secondary N) is 1. The number of esters is 1. The number of hydrogen-bond acceptors (Lipinski definition) is 8. The predicted molar refractivity (Wildman–Crippen MR) is 87.3 cm³/mol. The smallest absolute Gasteiger partial charge is 0.352 e. The van der Waals surface area contributed by atoms with Gasteiger partial charge in [-0.1, -0.05) is 20.3 Å². The molecule has 1 aromatic heterocycles. The van der Waals surface area contributed by atoms with Gasteiger partial charge in [0.05, 0.1) is 12.7 Å². The van der Waals surface area contributed by atoms with Gasteiger partial charge in [-0.05, 0) is 25.1 Å². The zero-order chi connectivity index (χ0) is 19.2. The van der Waals surface area contributed by atoms with E-state index in [1.807, 2.05) is 0 Å². The lowest BCUT2D eigenvalue weighted by Crippen LogP contribution is -2.47. The molecule has 5 N–H and O–H groups in total. The molecule has 1 saturated heterocycles. The van der Waals surface area contributed by atoms with Gasteiger partial charge in [0.2, 0.25) is 5.82 Å². The Morgan fingerprint density at radius 3 is 2.72 bits per heavy atom. The largest absolute Gasteiger partial charge is 0.405 e. The topological polar surface area (TPSA) is 140 Å². The van der Waals surface area contributed by atoms with E-state index in [2.05, 4.69) is 23.6 Å². The van der Waals surface area contributed by atoms with Crippen molar-refractivity contribution in [3.8, 4) is 0 Å². The van der Waals surface area contributed by atoms with E-state index in [1.165, 1.54) is 6.42 Å². The molecule has 2 unspecified atom stereocenters. The summed E-state index contributed by atoms with van der Waals surface area (Å²) in [5.74, 6) is -4.95. The molecule has 0 spiro atoms. The molecular formula is C14H22FN3O6S. The lowest BCUT2D eigenvalue weighted by Gasteiger charge is -2.27. The summed E-state index contributed by atoms with van der Waals surface area (Å²) in [6, 6.07) is 0. The predicted octanol–water partition coefficient (Wildman–Crippen LogP) is 0.279. The molecule has 2 heterocycles. The number of ether oxygens (including phenoxy) is 2.